The van der Waals surface area contributed by atoms with Crippen molar-refractivity contribution in [3.8, 4) is 44.5 Å². The van der Waals surface area contributed by atoms with Crippen LogP contribution in [0.15, 0.2) is 237 Å². The zero-order chi connectivity index (χ0) is 43.5. The van der Waals surface area contributed by atoms with Crippen molar-refractivity contribution in [2.24, 2.45) is 0 Å². The van der Waals surface area contributed by atoms with E-state index in [2.05, 4.69) is 260 Å². The van der Waals surface area contributed by atoms with Gasteiger partial charge in [0, 0.05) is 44.2 Å². The number of hydrogen-bond acceptors (Lipinski definition) is 1. The molecule has 2 aliphatic rings. The van der Waals surface area contributed by atoms with Crippen molar-refractivity contribution in [3.05, 3.63) is 253 Å². The van der Waals surface area contributed by atoms with Crippen LogP contribution in [0.5, 0.6) is 0 Å². The van der Waals surface area contributed by atoms with E-state index in [1.54, 1.807) is 0 Å². The third-order valence-electron chi connectivity index (χ3n) is 14.0. The summed E-state index contributed by atoms with van der Waals surface area (Å²) in [6.07, 6.45) is 7.81. The van der Waals surface area contributed by atoms with Crippen LogP contribution in [0.4, 0.5) is 17.1 Å². The lowest BCUT2D eigenvalue weighted by molar-refractivity contribution is 0.660. The van der Waals surface area contributed by atoms with Crippen LogP contribution in [0, 0.1) is 0 Å². The fourth-order valence-electron chi connectivity index (χ4n) is 10.7. The molecular formula is C63H48N2. The molecule has 0 aliphatic heterocycles. The summed E-state index contributed by atoms with van der Waals surface area (Å²) < 4.78 is 2.57. The summed E-state index contributed by atoms with van der Waals surface area (Å²) in [5.41, 5.74) is 20.9. The molecule has 1 atom stereocenters. The molecule has 0 bridgehead atoms. The molecule has 0 spiro atoms. The van der Waals surface area contributed by atoms with Gasteiger partial charge in [-0.1, -0.05) is 202 Å². The van der Waals surface area contributed by atoms with E-state index in [1.807, 2.05) is 0 Å². The van der Waals surface area contributed by atoms with E-state index in [0.29, 0.717) is 0 Å². The summed E-state index contributed by atoms with van der Waals surface area (Å²) in [6, 6.07) is 80.7. The number of fused-ring (bicyclic) bond motifs is 6. The second-order valence-electron chi connectivity index (χ2n) is 18.0. The molecule has 12 rings (SSSR count). The van der Waals surface area contributed by atoms with E-state index in [0.717, 1.165) is 23.5 Å². The monoisotopic (exact) mass is 832 g/mol. The first-order chi connectivity index (χ1) is 32.0. The quantitative estimate of drug-likeness (QED) is 0.148. The van der Waals surface area contributed by atoms with Crippen molar-refractivity contribution < 1.29 is 0 Å². The highest BCUT2D eigenvalue weighted by molar-refractivity contribution is 6.08. The molecule has 65 heavy (non-hydrogen) atoms. The van der Waals surface area contributed by atoms with Gasteiger partial charge in [-0.15, -0.1) is 0 Å². The smallest absolute Gasteiger partial charge is 0.0632 e. The molecule has 0 amide bonds. The lowest BCUT2D eigenvalue weighted by atomic mass is 9.82. The number of benzene rings is 9. The van der Waals surface area contributed by atoms with Crippen molar-refractivity contribution in [2.45, 2.75) is 31.7 Å². The molecule has 0 saturated carbocycles. The number of para-hydroxylation sites is 2. The molecule has 2 nitrogen and oxygen atoms in total. The fraction of sp³-hybridized carbons (Fsp3) is 0.0794. The van der Waals surface area contributed by atoms with Crippen LogP contribution in [-0.4, -0.2) is 4.57 Å². The third kappa shape index (κ3) is 6.56. The van der Waals surface area contributed by atoms with E-state index in [1.165, 1.54) is 88.6 Å². The molecule has 1 heterocycles. The zero-order valence-electron chi connectivity index (χ0n) is 36.7. The number of anilines is 3. The molecule has 10 aromatic rings. The summed E-state index contributed by atoms with van der Waals surface area (Å²) in [7, 11) is 0. The SMILES string of the molecule is CC1(C)c2ccccc2-c2ccc(N(c3ccc(-c4ccc(-c5ccccc5)cc4)cc3)c3ccc(C4=CC=CCC4n4c5ccccc5c5ccccc54)cc3-c3ccccc3)cc21. The van der Waals surface area contributed by atoms with E-state index in [-0.39, 0.29) is 11.5 Å². The Morgan fingerprint density at radius 3 is 1.63 bits per heavy atom. The standard InChI is InChI=1S/C63H48N2/c1-63(2)57-25-13-9-22-52(57)53-39-38-50(42-58(53)63)64(49-36-33-46(34-37-49)45-31-29-44(30-32-45)43-17-5-3-6-18-43)62-40-35-48(41-56(62)47-19-7-4-8-20-47)51-21-10-14-26-59(51)65-60-27-15-11-23-54(60)55-24-12-16-28-61(55)65/h3-25,27-42,59H,26H2,1-2H3. The van der Waals surface area contributed by atoms with E-state index in [4.69, 9.17) is 0 Å². The van der Waals surface area contributed by atoms with E-state index in [9.17, 15) is 0 Å². The topological polar surface area (TPSA) is 8.17 Å². The van der Waals surface area contributed by atoms with Gasteiger partial charge in [0.05, 0.1) is 11.7 Å². The summed E-state index contributed by atoms with van der Waals surface area (Å²) in [5, 5.41) is 2.59. The second kappa shape index (κ2) is 15.7. The van der Waals surface area contributed by atoms with Crippen molar-refractivity contribution in [1.29, 1.82) is 0 Å². The summed E-state index contributed by atoms with van der Waals surface area (Å²) in [4.78, 5) is 2.48. The Labute approximate surface area is 381 Å². The van der Waals surface area contributed by atoms with Gasteiger partial charge in [0.1, 0.15) is 0 Å². The summed E-state index contributed by atoms with van der Waals surface area (Å²) in [6.45, 7) is 4.74. The molecular weight excluding hydrogens is 785 g/mol. The van der Waals surface area contributed by atoms with Crippen LogP contribution in [0.25, 0.3) is 71.9 Å². The van der Waals surface area contributed by atoms with Crippen molar-refractivity contribution in [3.63, 3.8) is 0 Å². The van der Waals surface area contributed by atoms with Gasteiger partial charge in [-0.05, 0) is 116 Å². The Bertz CT molecular complexity index is 3410. The van der Waals surface area contributed by atoms with Gasteiger partial charge in [-0.2, -0.15) is 0 Å². The average molecular weight is 833 g/mol. The molecule has 0 N–H and O–H groups in total. The minimum atomic E-state index is -0.141. The first-order valence-corrected chi connectivity index (χ1v) is 22.9. The van der Waals surface area contributed by atoms with E-state index < -0.39 is 0 Å². The minimum Gasteiger partial charge on any atom is -0.332 e. The molecule has 2 aliphatic carbocycles. The first kappa shape index (κ1) is 38.7. The predicted octanol–water partition coefficient (Wildman–Crippen LogP) is 17.2. The maximum Gasteiger partial charge on any atom is 0.0632 e. The highest BCUT2D eigenvalue weighted by atomic mass is 15.1. The maximum atomic E-state index is 2.57. The van der Waals surface area contributed by atoms with Gasteiger partial charge in [-0.25, -0.2) is 0 Å². The van der Waals surface area contributed by atoms with Gasteiger partial charge in [-0.3, -0.25) is 0 Å². The Hall–Kier alpha value is -7.94. The van der Waals surface area contributed by atoms with Crippen LogP contribution >= 0.6 is 0 Å². The van der Waals surface area contributed by atoms with Gasteiger partial charge >= 0.3 is 0 Å². The third-order valence-corrected chi connectivity index (χ3v) is 14.0. The molecule has 2 heteroatoms. The van der Waals surface area contributed by atoms with Gasteiger partial charge < -0.3 is 9.47 Å². The van der Waals surface area contributed by atoms with Crippen molar-refractivity contribution in [2.75, 3.05) is 4.90 Å². The van der Waals surface area contributed by atoms with Crippen LogP contribution < -0.4 is 4.90 Å². The minimum absolute atomic E-state index is 0.130. The molecule has 0 radical (unpaired) electrons. The fourth-order valence-corrected chi connectivity index (χ4v) is 10.7. The molecule has 0 fully saturated rings. The van der Waals surface area contributed by atoms with Gasteiger partial charge in [0.25, 0.3) is 0 Å². The predicted molar refractivity (Wildman–Crippen MR) is 275 cm³/mol. The summed E-state index contributed by atoms with van der Waals surface area (Å²) in [5.74, 6) is 0. The van der Waals surface area contributed by atoms with E-state index >= 15 is 0 Å². The Morgan fingerprint density at radius 1 is 0.431 bits per heavy atom. The van der Waals surface area contributed by atoms with Gasteiger partial charge in [0.2, 0.25) is 0 Å². The van der Waals surface area contributed by atoms with Crippen LogP contribution in [0.2, 0.25) is 0 Å². The highest BCUT2D eigenvalue weighted by Crippen LogP contribution is 2.52. The first-order valence-electron chi connectivity index (χ1n) is 22.9. The van der Waals surface area contributed by atoms with Crippen LogP contribution in [-0.2, 0) is 5.41 Å². The van der Waals surface area contributed by atoms with Gasteiger partial charge in [0.15, 0.2) is 0 Å². The Balaban J connectivity index is 1.01. The zero-order valence-corrected chi connectivity index (χ0v) is 36.7. The molecule has 1 aromatic heterocycles. The number of nitrogens with zero attached hydrogens (tertiary/aromatic N) is 2. The highest BCUT2D eigenvalue weighted by Gasteiger charge is 2.36. The Kier molecular flexibility index (Phi) is 9.35. The van der Waals surface area contributed by atoms with Crippen molar-refractivity contribution in [1.82, 2.24) is 4.57 Å². The van der Waals surface area contributed by atoms with Crippen molar-refractivity contribution >= 4 is 44.4 Å². The molecule has 9 aromatic carbocycles. The van der Waals surface area contributed by atoms with Crippen LogP contribution in [0.3, 0.4) is 0 Å². The lowest BCUT2D eigenvalue weighted by Gasteiger charge is -2.31. The lowest BCUT2D eigenvalue weighted by Crippen LogP contribution is -2.17. The molecule has 0 saturated heterocycles. The number of hydrogen-bond donors (Lipinski definition) is 0. The second-order valence-corrected chi connectivity index (χ2v) is 18.0. The summed E-state index contributed by atoms with van der Waals surface area (Å²) >= 11 is 0. The number of rotatable bonds is 8. The van der Waals surface area contributed by atoms with Crippen LogP contribution in [0.1, 0.15) is 43.0 Å². The Morgan fingerprint density at radius 2 is 0.954 bits per heavy atom. The number of aromatic nitrogens is 1. The average Bonchev–Trinajstić information content (AvgIpc) is 3.83. The largest absolute Gasteiger partial charge is 0.332 e. The number of allylic oxidation sites excluding steroid dienone is 4. The molecule has 1 unspecified atom stereocenters. The maximum absolute atomic E-state index is 2.57. The molecule has 310 valence electrons. The normalized spacial score (nSPS) is 14.9.